The van der Waals surface area contributed by atoms with Crippen molar-refractivity contribution in [2.45, 2.75) is 13.3 Å². The Labute approximate surface area is 115 Å². The first-order valence-corrected chi connectivity index (χ1v) is 6.58. The Morgan fingerprint density at radius 3 is 2.70 bits per heavy atom. The molecule has 0 saturated carbocycles. The van der Waals surface area contributed by atoms with Gasteiger partial charge in [0.25, 0.3) is 5.91 Å². The van der Waals surface area contributed by atoms with Gasteiger partial charge in [-0.25, -0.2) is 13.2 Å². The summed E-state index contributed by atoms with van der Waals surface area (Å²) in [7, 11) is 0. The fourth-order valence-corrected chi connectivity index (χ4v) is 2.50. The van der Waals surface area contributed by atoms with E-state index in [4.69, 9.17) is 5.73 Å². The lowest BCUT2D eigenvalue weighted by Crippen LogP contribution is -2.45. The van der Waals surface area contributed by atoms with E-state index >= 15 is 0 Å². The van der Waals surface area contributed by atoms with E-state index in [1.54, 1.807) is 0 Å². The SMILES string of the molecule is CC1CCN(C(=O)c2ccc(F)c(F)c2F)CC1CN. The Bertz CT molecular complexity index is 521. The van der Waals surface area contributed by atoms with Crippen molar-refractivity contribution in [2.75, 3.05) is 19.6 Å². The zero-order valence-electron chi connectivity index (χ0n) is 11.2. The summed E-state index contributed by atoms with van der Waals surface area (Å²) in [6.45, 7) is 3.37. The summed E-state index contributed by atoms with van der Waals surface area (Å²) in [6, 6.07) is 1.74. The van der Waals surface area contributed by atoms with Crippen LogP contribution in [-0.4, -0.2) is 30.4 Å². The van der Waals surface area contributed by atoms with Gasteiger partial charge in [-0.3, -0.25) is 4.79 Å². The van der Waals surface area contributed by atoms with Crippen molar-refractivity contribution in [1.82, 2.24) is 4.90 Å². The summed E-state index contributed by atoms with van der Waals surface area (Å²) in [5, 5.41) is 0. The fraction of sp³-hybridized carbons (Fsp3) is 0.500. The van der Waals surface area contributed by atoms with Crippen molar-refractivity contribution >= 4 is 5.91 Å². The Morgan fingerprint density at radius 1 is 1.35 bits per heavy atom. The number of likely N-dealkylation sites (tertiary alicyclic amines) is 1. The normalized spacial score (nSPS) is 22.9. The van der Waals surface area contributed by atoms with Gasteiger partial charge in [0.05, 0.1) is 5.56 Å². The summed E-state index contributed by atoms with van der Waals surface area (Å²) in [6.07, 6.45) is 0.763. The Balaban J connectivity index is 2.22. The second-order valence-corrected chi connectivity index (χ2v) is 5.24. The molecule has 1 saturated heterocycles. The summed E-state index contributed by atoms with van der Waals surface area (Å²) in [5.74, 6) is -4.44. The molecule has 0 radical (unpaired) electrons. The molecule has 1 amide bonds. The lowest BCUT2D eigenvalue weighted by atomic mass is 9.87. The Hall–Kier alpha value is -1.56. The van der Waals surface area contributed by atoms with Crippen molar-refractivity contribution in [3.05, 3.63) is 35.1 Å². The summed E-state index contributed by atoms with van der Waals surface area (Å²) < 4.78 is 39.7. The third-order valence-corrected chi connectivity index (χ3v) is 3.97. The molecule has 6 heteroatoms. The van der Waals surface area contributed by atoms with Crippen molar-refractivity contribution in [2.24, 2.45) is 17.6 Å². The molecule has 3 nitrogen and oxygen atoms in total. The molecule has 1 aromatic rings. The summed E-state index contributed by atoms with van der Waals surface area (Å²) >= 11 is 0. The molecule has 1 aromatic carbocycles. The molecule has 1 fully saturated rings. The number of piperidine rings is 1. The predicted molar refractivity (Wildman–Crippen MR) is 68.5 cm³/mol. The summed E-state index contributed by atoms with van der Waals surface area (Å²) in [4.78, 5) is 13.7. The topological polar surface area (TPSA) is 46.3 Å². The minimum absolute atomic E-state index is 0.140. The molecule has 2 N–H and O–H groups in total. The van der Waals surface area contributed by atoms with Crippen LogP contribution in [0.2, 0.25) is 0 Å². The molecule has 1 aliphatic heterocycles. The van der Waals surface area contributed by atoms with Crippen molar-refractivity contribution in [1.29, 1.82) is 0 Å². The number of nitrogens with two attached hydrogens (primary N) is 1. The first-order chi connectivity index (χ1) is 9.45. The number of hydrogen-bond donors (Lipinski definition) is 1. The van der Waals surface area contributed by atoms with E-state index < -0.39 is 28.9 Å². The highest BCUT2D eigenvalue weighted by Gasteiger charge is 2.30. The highest BCUT2D eigenvalue weighted by atomic mass is 19.2. The van der Waals surface area contributed by atoms with Crippen LogP contribution in [0.5, 0.6) is 0 Å². The van der Waals surface area contributed by atoms with Gasteiger partial charge in [-0.2, -0.15) is 0 Å². The van der Waals surface area contributed by atoms with Crippen LogP contribution in [0.25, 0.3) is 0 Å². The van der Waals surface area contributed by atoms with E-state index in [1.165, 1.54) is 4.90 Å². The third kappa shape index (κ3) is 2.65. The van der Waals surface area contributed by atoms with Crippen LogP contribution < -0.4 is 5.73 Å². The minimum Gasteiger partial charge on any atom is -0.338 e. The number of hydrogen-bond acceptors (Lipinski definition) is 2. The zero-order valence-corrected chi connectivity index (χ0v) is 11.2. The van der Waals surface area contributed by atoms with E-state index in [0.29, 0.717) is 25.6 Å². The van der Waals surface area contributed by atoms with Gasteiger partial charge in [-0.05, 0) is 36.9 Å². The average Bonchev–Trinajstić information content (AvgIpc) is 2.45. The fourth-order valence-electron chi connectivity index (χ4n) is 2.50. The van der Waals surface area contributed by atoms with Crippen molar-refractivity contribution in [3.63, 3.8) is 0 Å². The molecule has 1 heterocycles. The van der Waals surface area contributed by atoms with Crippen molar-refractivity contribution in [3.8, 4) is 0 Å². The molecule has 2 atom stereocenters. The van der Waals surface area contributed by atoms with Crippen LogP contribution in [0.15, 0.2) is 12.1 Å². The maximum absolute atomic E-state index is 13.6. The Kier molecular flexibility index (Phi) is 4.32. The lowest BCUT2D eigenvalue weighted by Gasteiger charge is -2.36. The molecule has 0 bridgehead atoms. The molecule has 20 heavy (non-hydrogen) atoms. The largest absolute Gasteiger partial charge is 0.338 e. The maximum Gasteiger partial charge on any atom is 0.256 e. The molecule has 2 unspecified atom stereocenters. The Morgan fingerprint density at radius 2 is 2.05 bits per heavy atom. The first-order valence-electron chi connectivity index (χ1n) is 6.58. The standard InChI is InChI=1S/C14H17F3N2O/c1-8-4-5-19(7-9(8)6-18)14(20)10-2-3-11(15)13(17)12(10)16/h2-3,8-9H,4-7,18H2,1H3. The van der Waals surface area contributed by atoms with E-state index in [2.05, 4.69) is 6.92 Å². The highest BCUT2D eigenvalue weighted by Crippen LogP contribution is 2.25. The smallest absolute Gasteiger partial charge is 0.256 e. The second-order valence-electron chi connectivity index (χ2n) is 5.24. The van der Waals surface area contributed by atoms with Gasteiger partial charge < -0.3 is 10.6 Å². The lowest BCUT2D eigenvalue weighted by molar-refractivity contribution is 0.0612. The van der Waals surface area contributed by atoms with E-state index in [-0.39, 0.29) is 5.92 Å². The van der Waals surface area contributed by atoms with Crippen LogP contribution in [0.3, 0.4) is 0 Å². The maximum atomic E-state index is 13.6. The molecule has 0 spiro atoms. The van der Waals surface area contributed by atoms with Gasteiger partial charge in [-0.15, -0.1) is 0 Å². The van der Waals surface area contributed by atoms with Crippen LogP contribution >= 0.6 is 0 Å². The quantitative estimate of drug-likeness (QED) is 0.847. The zero-order chi connectivity index (χ0) is 14.9. The van der Waals surface area contributed by atoms with Gasteiger partial charge in [0.2, 0.25) is 0 Å². The van der Waals surface area contributed by atoms with Gasteiger partial charge in [0.1, 0.15) is 0 Å². The third-order valence-electron chi connectivity index (χ3n) is 3.97. The van der Waals surface area contributed by atoms with E-state index in [1.807, 2.05) is 0 Å². The number of carbonyl (C=O) groups excluding carboxylic acids is 1. The van der Waals surface area contributed by atoms with Gasteiger partial charge in [0, 0.05) is 13.1 Å². The van der Waals surface area contributed by atoms with Crippen molar-refractivity contribution < 1.29 is 18.0 Å². The number of nitrogens with zero attached hydrogens (tertiary/aromatic N) is 1. The van der Waals surface area contributed by atoms with Crippen LogP contribution in [0.4, 0.5) is 13.2 Å². The number of carbonyl (C=O) groups is 1. The molecule has 0 aromatic heterocycles. The van der Waals surface area contributed by atoms with Crippen LogP contribution in [-0.2, 0) is 0 Å². The van der Waals surface area contributed by atoms with Crippen LogP contribution in [0.1, 0.15) is 23.7 Å². The first kappa shape index (κ1) is 14.8. The number of benzene rings is 1. The minimum atomic E-state index is -1.61. The van der Waals surface area contributed by atoms with Gasteiger partial charge >= 0.3 is 0 Å². The molecule has 1 aliphatic rings. The van der Waals surface area contributed by atoms with Gasteiger partial charge in [0.15, 0.2) is 17.5 Å². The number of amides is 1. The van der Waals surface area contributed by atoms with E-state index in [9.17, 15) is 18.0 Å². The number of rotatable bonds is 2. The van der Waals surface area contributed by atoms with Crippen LogP contribution in [0, 0.1) is 29.3 Å². The van der Waals surface area contributed by atoms with E-state index in [0.717, 1.165) is 18.6 Å². The summed E-state index contributed by atoms with van der Waals surface area (Å²) in [5.41, 5.74) is 5.21. The molecule has 2 rings (SSSR count). The number of halogens is 3. The average molecular weight is 286 g/mol. The predicted octanol–water partition coefficient (Wildman–Crippen LogP) is 2.16. The van der Waals surface area contributed by atoms with Gasteiger partial charge in [-0.1, -0.05) is 6.92 Å². The monoisotopic (exact) mass is 286 g/mol. The molecule has 110 valence electrons. The highest BCUT2D eigenvalue weighted by molar-refractivity contribution is 5.94. The molecular weight excluding hydrogens is 269 g/mol. The molecule has 0 aliphatic carbocycles. The second kappa shape index (κ2) is 5.83. The molecular formula is C14H17F3N2O.